The standard InChI is InChI=1S/C19H28F3N5O/c1-3-27(12-15-7-5-4-6-8-15)17(28)11-24-18(23-2)25-16-9-10-26(13-16)14-19(20,21)22/h4-8,16H,3,9-14H2,1-2H3,(H2,23,24,25). The van der Waals surface area contributed by atoms with Gasteiger partial charge in [-0.05, 0) is 18.9 Å². The van der Waals surface area contributed by atoms with Gasteiger partial charge in [0.1, 0.15) is 0 Å². The lowest BCUT2D eigenvalue weighted by atomic mass is 10.2. The van der Waals surface area contributed by atoms with Crippen molar-refractivity contribution in [1.82, 2.24) is 20.4 Å². The summed E-state index contributed by atoms with van der Waals surface area (Å²) in [6.45, 7) is 2.87. The van der Waals surface area contributed by atoms with E-state index in [4.69, 9.17) is 0 Å². The number of likely N-dealkylation sites (tertiary alicyclic amines) is 1. The third-order valence-corrected chi connectivity index (χ3v) is 4.60. The number of nitrogens with zero attached hydrogens (tertiary/aromatic N) is 3. The Morgan fingerprint density at radius 3 is 2.64 bits per heavy atom. The highest BCUT2D eigenvalue weighted by atomic mass is 19.4. The van der Waals surface area contributed by atoms with Crippen LogP contribution in [0.25, 0.3) is 0 Å². The van der Waals surface area contributed by atoms with E-state index in [0.29, 0.717) is 38.6 Å². The van der Waals surface area contributed by atoms with Gasteiger partial charge in [-0.15, -0.1) is 0 Å². The van der Waals surface area contributed by atoms with E-state index in [0.717, 1.165) is 5.56 Å². The first kappa shape index (κ1) is 22.0. The molecule has 1 heterocycles. The molecule has 1 aliphatic rings. The molecule has 6 nitrogen and oxygen atoms in total. The summed E-state index contributed by atoms with van der Waals surface area (Å²) in [7, 11) is 1.57. The van der Waals surface area contributed by atoms with E-state index in [9.17, 15) is 18.0 Å². The van der Waals surface area contributed by atoms with E-state index < -0.39 is 12.7 Å². The number of alkyl halides is 3. The minimum absolute atomic E-state index is 0.0688. The van der Waals surface area contributed by atoms with Crippen molar-refractivity contribution in [3.63, 3.8) is 0 Å². The van der Waals surface area contributed by atoms with Gasteiger partial charge in [-0.25, -0.2) is 0 Å². The van der Waals surface area contributed by atoms with Gasteiger partial charge in [-0.1, -0.05) is 30.3 Å². The first-order valence-corrected chi connectivity index (χ1v) is 9.38. The van der Waals surface area contributed by atoms with E-state index in [1.807, 2.05) is 37.3 Å². The van der Waals surface area contributed by atoms with Crippen LogP contribution in [-0.4, -0.2) is 73.7 Å². The molecular formula is C19H28F3N5O. The lowest BCUT2D eigenvalue weighted by Gasteiger charge is -2.23. The molecule has 0 spiro atoms. The van der Waals surface area contributed by atoms with E-state index in [2.05, 4.69) is 15.6 Å². The summed E-state index contributed by atoms with van der Waals surface area (Å²) in [5, 5.41) is 6.07. The van der Waals surface area contributed by atoms with Crippen molar-refractivity contribution in [3.05, 3.63) is 35.9 Å². The van der Waals surface area contributed by atoms with Crippen LogP contribution in [0, 0.1) is 0 Å². The minimum Gasteiger partial charge on any atom is -0.352 e. The number of likely N-dealkylation sites (N-methyl/N-ethyl adjacent to an activating group) is 1. The summed E-state index contributed by atoms with van der Waals surface area (Å²) < 4.78 is 37.5. The number of guanidine groups is 1. The molecule has 28 heavy (non-hydrogen) atoms. The fourth-order valence-corrected chi connectivity index (χ4v) is 3.19. The van der Waals surface area contributed by atoms with Crippen LogP contribution in [0.15, 0.2) is 35.3 Å². The quantitative estimate of drug-likeness (QED) is 0.543. The Bertz CT molecular complexity index is 651. The Morgan fingerprint density at radius 1 is 1.32 bits per heavy atom. The smallest absolute Gasteiger partial charge is 0.352 e. The highest BCUT2D eigenvalue weighted by molar-refractivity contribution is 5.86. The van der Waals surface area contributed by atoms with E-state index in [-0.39, 0.29) is 18.5 Å². The summed E-state index contributed by atoms with van der Waals surface area (Å²) in [5.41, 5.74) is 1.05. The second-order valence-corrected chi connectivity index (χ2v) is 6.80. The Labute approximate surface area is 163 Å². The number of carbonyl (C=O) groups is 1. The molecule has 0 aromatic heterocycles. The predicted molar refractivity (Wildman–Crippen MR) is 103 cm³/mol. The third kappa shape index (κ3) is 7.38. The summed E-state index contributed by atoms with van der Waals surface area (Å²) in [6.07, 6.45) is -3.59. The van der Waals surface area contributed by atoms with Crippen molar-refractivity contribution in [2.24, 2.45) is 4.99 Å². The van der Waals surface area contributed by atoms with Crippen LogP contribution < -0.4 is 10.6 Å². The average Bonchev–Trinajstić information content (AvgIpc) is 3.08. The van der Waals surface area contributed by atoms with Gasteiger partial charge in [0.05, 0.1) is 13.1 Å². The van der Waals surface area contributed by atoms with Crippen molar-refractivity contribution in [1.29, 1.82) is 0 Å². The van der Waals surface area contributed by atoms with Gasteiger partial charge in [0.25, 0.3) is 0 Å². The van der Waals surface area contributed by atoms with Crippen molar-refractivity contribution >= 4 is 11.9 Å². The topological polar surface area (TPSA) is 60.0 Å². The maximum atomic E-state index is 12.5. The normalized spacial score (nSPS) is 18.2. The van der Waals surface area contributed by atoms with Crippen LogP contribution in [0.3, 0.4) is 0 Å². The van der Waals surface area contributed by atoms with Gasteiger partial charge in [0.15, 0.2) is 5.96 Å². The van der Waals surface area contributed by atoms with Gasteiger partial charge >= 0.3 is 6.18 Å². The SMILES string of the molecule is CCN(Cc1ccccc1)C(=O)CNC(=NC)NC1CCN(CC(F)(F)F)C1. The largest absolute Gasteiger partial charge is 0.401 e. The molecule has 1 unspecified atom stereocenters. The molecule has 2 rings (SSSR count). The zero-order chi connectivity index (χ0) is 20.6. The number of benzene rings is 1. The number of aliphatic imine (C=N–C) groups is 1. The number of nitrogens with one attached hydrogen (secondary N) is 2. The molecule has 1 aromatic carbocycles. The summed E-state index contributed by atoms with van der Waals surface area (Å²) in [6, 6.07) is 9.60. The summed E-state index contributed by atoms with van der Waals surface area (Å²) in [5.74, 6) is 0.349. The van der Waals surface area contributed by atoms with Crippen LogP contribution in [-0.2, 0) is 11.3 Å². The van der Waals surface area contributed by atoms with Crippen molar-refractivity contribution in [3.8, 4) is 0 Å². The van der Waals surface area contributed by atoms with Crippen molar-refractivity contribution in [2.45, 2.75) is 32.1 Å². The fraction of sp³-hybridized carbons (Fsp3) is 0.579. The molecule has 0 saturated carbocycles. The molecule has 1 fully saturated rings. The monoisotopic (exact) mass is 399 g/mol. The predicted octanol–water partition coefficient (Wildman–Crippen LogP) is 1.84. The average molecular weight is 399 g/mol. The number of rotatable bonds is 7. The second kappa shape index (κ2) is 10.3. The molecule has 0 radical (unpaired) electrons. The molecule has 1 amide bonds. The van der Waals surface area contributed by atoms with Crippen molar-refractivity contribution in [2.75, 3.05) is 39.8 Å². The van der Waals surface area contributed by atoms with Crippen LogP contribution in [0.2, 0.25) is 0 Å². The molecule has 9 heteroatoms. The van der Waals surface area contributed by atoms with E-state index in [1.54, 1.807) is 11.9 Å². The Hall–Kier alpha value is -2.29. The Balaban J connectivity index is 1.79. The zero-order valence-electron chi connectivity index (χ0n) is 16.3. The minimum atomic E-state index is -4.19. The molecule has 0 aliphatic carbocycles. The van der Waals surface area contributed by atoms with Crippen molar-refractivity contribution < 1.29 is 18.0 Å². The third-order valence-electron chi connectivity index (χ3n) is 4.60. The molecule has 1 atom stereocenters. The Morgan fingerprint density at radius 2 is 2.04 bits per heavy atom. The lowest BCUT2D eigenvalue weighted by molar-refractivity contribution is -0.143. The second-order valence-electron chi connectivity index (χ2n) is 6.80. The number of amides is 1. The molecule has 0 bridgehead atoms. The van der Waals surface area contributed by atoms with E-state index in [1.165, 1.54) is 4.90 Å². The van der Waals surface area contributed by atoms with Gasteiger partial charge in [-0.2, -0.15) is 13.2 Å². The van der Waals surface area contributed by atoms with Crippen LogP contribution >= 0.6 is 0 Å². The zero-order valence-corrected chi connectivity index (χ0v) is 16.3. The van der Waals surface area contributed by atoms with Gasteiger partial charge in [0, 0.05) is 39.3 Å². The Kier molecular flexibility index (Phi) is 8.10. The number of hydrogen-bond donors (Lipinski definition) is 2. The lowest BCUT2D eigenvalue weighted by Crippen LogP contribution is -2.48. The summed E-state index contributed by atoms with van der Waals surface area (Å²) in [4.78, 5) is 19.7. The molecule has 156 valence electrons. The summed E-state index contributed by atoms with van der Waals surface area (Å²) >= 11 is 0. The number of carbonyl (C=O) groups excluding carboxylic acids is 1. The van der Waals surface area contributed by atoms with Crippen LogP contribution in [0.5, 0.6) is 0 Å². The first-order valence-electron chi connectivity index (χ1n) is 9.38. The maximum absolute atomic E-state index is 12.5. The van der Waals surface area contributed by atoms with Gasteiger partial charge in [-0.3, -0.25) is 14.7 Å². The molecule has 1 aromatic rings. The number of halogens is 3. The van der Waals surface area contributed by atoms with Crippen LogP contribution in [0.1, 0.15) is 18.9 Å². The first-order chi connectivity index (χ1) is 13.3. The van der Waals surface area contributed by atoms with Gasteiger partial charge in [0.2, 0.25) is 5.91 Å². The highest BCUT2D eigenvalue weighted by Gasteiger charge is 2.34. The molecule has 2 N–H and O–H groups in total. The number of hydrogen-bond acceptors (Lipinski definition) is 3. The van der Waals surface area contributed by atoms with Crippen LogP contribution in [0.4, 0.5) is 13.2 Å². The fourth-order valence-electron chi connectivity index (χ4n) is 3.19. The molecule has 1 aliphatic heterocycles. The highest BCUT2D eigenvalue weighted by Crippen LogP contribution is 2.19. The molecular weight excluding hydrogens is 371 g/mol. The molecule has 1 saturated heterocycles. The van der Waals surface area contributed by atoms with E-state index >= 15 is 0 Å². The van der Waals surface area contributed by atoms with Gasteiger partial charge < -0.3 is 15.5 Å². The maximum Gasteiger partial charge on any atom is 0.401 e.